The zero-order chi connectivity index (χ0) is 10.7. The summed E-state index contributed by atoms with van der Waals surface area (Å²) in [5.74, 6) is 0. The maximum atomic E-state index is 6.08. The second-order valence-electron chi connectivity index (χ2n) is 3.68. The molecule has 0 amide bonds. The summed E-state index contributed by atoms with van der Waals surface area (Å²) in [6, 6.07) is 9.92. The summed E-state index contributed by atoms with van der Waals surface area (Å²) in [5, 5.41) is 0. The van der Waals surface area contributed by atoms with Crippen LogP contribution in [0.25, 0.3) is 0 Å². The number of rotatable bonds is 3. The molecule has 0 aliphatic rings. The quantitative estimate of drug-likeness (QED) is 0.820. The lowest BCUT2D eigenvalue weighted by Crippen LogP contribution is -2.16. The molecule has 1 atom stereocenters. The van der Waals surface area contributed by atoms with Crippen LogP contribution in [0, 0.1) is 0 Å². The van der Waals surface area contributed by atoms with Crippen LogP contribution in [0.5, 0.6) is 0 Å². The van der Waals surface area contributed by atoms with Gasteiger partial charge in [0.1, 0.15) is 0 Å². The van der Waals surface area contributed by atoms with Gasteiger partial charge in [0.2, 0.25) is 0 Å². The fraction of sp³-hybridized carbons (Fsp3) is 0.250. The average molecular weight is 201 g/mol. The van der Waals surface area contributed by atoms with Crippen LogP contribution in [-0.2, 0) is 13.5 Å². The molecule has 0 aromatic carbocycles. The van der Waals surface area contributed by atoms with Gasteiger partial charge in [-0.1, -0.05) is 6.07 Å². The van der Waals surface area contributed by atoms with Gasteiger partial charge in [-0.3, -0.25) is 4.98 Å². The van der Waals surface area contributed by atoms with Crippen molar-refractivity contribution in [2.45, 2.75) is 12.5 Å². The van der Waals surface area contributed by atoms with Crippen molar-refractivity contribution in [2.75, 3.05) is 0 Å². The lowest BCUT2D eigenvalue weighted by Gasteiger charge is -2.11. The van der Waals surface area contributed by atoms with E-state index in [1.807, 2.05) is 37.5 Å². The molecule has 2 heterocycles. The van der Waals surface area contributed by atoms with Gasteiger partial charge in [0.15, 0.2) is 0 Å². The molecule has 2 N–H and O–H groups in total. The highest BCUT2D eigenvalue weighted by Crippen LogP contribution is 2.13. The fourth-order valence-corrected chi connectivity index (χ4v) is 1.63. The zero-order valence-corrected chi connectivity index (χ0v) is 8.80. The summed E-state index contributed by atoms with van der Waals surface area (Å²) in [5.41, 5.74) is 8.25. The van der Waals surface area contributed by atoms with E-state index in [1.54, 1.807) is 6.20 Å². The van der Waals surface area contributed by atoms with E-state index < -0.39 is 0 Å². The van der Waals surface area contributed by atoms with Gasteiger partial charge in [-0.15, -0.1) is 0 Å². The Labute approximate surface area is 89.6 Å². The highest BCUT2D eigenvalue weighted by Gasteiger charge is 2.09. The van der Waals surface area contributed by atoms with Crippen molar-refractivity contribution in [3.63, 3.8) is 0 Å². The first-order valence-corrected chi connectivity index (χ1v) is 5.04. The second-order valence-corrected chi connectivity index (χ2v) is 3.68. The molecule has 2 aromatic heterocycles. The Kier molecular flexibility index (Phi) is 2.83. The van der Waals surface area contributed by atoms with Gasteiger partial charge >= 0.3 is 0 Å². The van der Waals surface area contributed by atoms with E-state index in [-0.39, 0.29) is 6.04 Å². The molecular weight excluding hydrogens is 186 g/mol. The highest BCUT2D eigenvalue weighted by molar-refractivity contribution is 5.14. The van der Waals surface area contributed by atoms with Gasteiger partial charge in [-0.05, 0) is 24.3 Å². The molecule has 3 nitrogen and oxygen atoms in total. The van der Waals surface area contributed by atoms with Gasteiger partial charge in [0.25, 0.3) is 0 Å². The number of aromatic nitrogens is 2. The Morgan fingerprint density at radius 1 is 1.33 bits per heavy atom. The van der Waals surface area contributed by atoms with Crippen LogP contribution in [0.15, 0.2) is 42.7 Å². The maximum Gasteiger partial charge on any atom is 0.0574 e. The van der Waals surface area contributed by atoms with Crippen LogP contribution >= 0.6 is 0 Å². The van der Waals surface area contributed by atoms with Crippen molar-refractivity contribution in [3.8, 4) is 0 Å². The summed E-state index contributed by atoms with van der Waals surface area (Å²) >= 11 is 0. The van der Waals surface area contributed by atoms with Crippen molar-refractivity contribution < 1.29 is 0 Å². The SMILES string of the molecule is Cn1cccc1CC(N)c1ccccn1. The molecule has 3 heteroatoms. The number of aryl methyl sites for hydroxylation is 1. The van der Waals surface area contributed by atoms with Crippen LogP contribution < -0.4 is 5.73 Å². The molecule has 0 aliphatic heterocycles. The molecule has 0 radical (unpaired) electrons. The molecule has 0 saturated carbocycles. The van der Waals surface area contributed by atoms with Crippen molar-refractivity contribution in [1.82, 2.24) is 9.55 Å². The Morgan fingerprint density at radius 2 is 2.20 bits per heavy atom. The Bertz CT molecular complexity index is 419. The second kappa shape index (κ2) is 4.28. The van der Waals surface area contributed by atoms with Crippen LogP contribution in [0.2, 0.25) is 0 Å². The Balaban J connectivity index is 2.11. The van der Waals surface area contributed by atoms with Crippen LogP contribution in [-0.4, -0.2) is 9.55 Å². The first-order valence-electron chi connectivity index (χ1n) is 5.04. The number of nitrogens with zero attached hydrogens (tertiary/aromatic N) is 2. The van der Waals surface area contributed by atoms with Crippen LogP contribution in [0.4, 0.5) is 0 Å². The molecule has 0 saturated heterocycles. The van der Waals surface area contributed by atoms with E-state index >= 15 is 0 Å². The molecule has 78 valence electrons. The van der Waals surface area contributed by atoms with Crippen molar-refractivity contribution in [2.24, 2.45) is 12.8 Å². The minimum atomic E-state index is -0.0280. The monoisotopic (exact) mass is 201 g/mol. The molecule has 0 aliphatic carbocycles. The van der Waals surface area contributed by atoms with Gasteiger partial charge in [-0.2, -0.15) is 0 Å². The molecule has 0 spiro atoms. The van der Waals surface area contributed by atoms with E-state index in [9.17, 15) is 0 Å². The molecule has 15 heavy (non-hydrogen) atoms. The first kappa shape index (κ1) is 9.93. The van der Waals surface area contributed by atoms with E-state index in [4.69, 9.17) is 5.73 Å². The molecular formula is C12H15N3. The third-order valence-electron chi connectivity index (χ3n) is 2.55. The van der Waals surface area contributed by atoms with Crippen molar-refractivity contribution in [1.29, 1.82) is 0 Å². The minimum absolute atomic E-state index is 0.0280. The fourth-order valence-electron chi connectivity index (χ4n) is 1.63. The topological polar surface area (TPSA) is 43.8 Å². The van der Waals surface area contributed by atoms with Gasteiger partial charge in [-0.25, -0.2) is 0 Å². The maximum absolute atomic E-state index is 6.08. The summed E-state index contributed by atoms with van der Waals surface area (Å²) < 4.78 is 2.09. The standard InChI is InChI=1S/C12H15N3/c1-15-8-4-5-10(15)9-11(13)12-6-2-3-7-14-12/h2-8,11H,9,13H2,1H3. The molecule has 2 rings (SSSR count). The van der Waals surface area contributed by atoms with E-state index in [2.05, 4.69) is 15.6 Å². The molecule has 0 bridgehead atoms. The summed E-state index contributed by atoms with van der Waals surface area (Å²) in [6.45, 7) is 0. The molecule has 2 aromatic rings. The Hall–Kier alpha value is -1.61. The predicted molar refractivity (Wildman–Crippen MR) is 60.3 cm³/mol. The number of hydrogen-bond donors (Lipinski definition) is 1. The normalized spacial score (nSPS) is 12.7. The summed E-state index contributed by atoms with van der Waals surface area (Å²) in [6.07, 6.45) is 4.63. The third-order valence-corrected chi connectivity index (χ3v) is 2.55. The molecule has 1 unspecified atom stereocenters. The van der Waals surface area contributed by atoms with Crippen LogP contribution in [0.1, 0.15) is 17.4 Å². The molecule has 0 fully saturated rings. The third kappa shape index (κ3) is 2.25. The average Bonchev–Trinajstić information content (AvgIpc) is 2.66. The van der Waals surface area contributed by atoms with E-state index in [0.29, 0.717) is 0 Å². The number of pyridine rings is 1. The van der Waals surface area contributed by atoms with Gasteiger partial charge < -0.3 is 10.3 Å². The van der Waals surface area contributed by atoms with E-state index in [0.717, 1.165) is 12.1 Å². The number of hydrogen-bond acceptors (Lipinski definition) is 2. The lowest BCUT2D eigenvalue weighted by atomic mass is 10.1. The first-order chi connectivity index (χ1) is 7.27. The van der Waals surface area contributed by atoms with Gasteiger partial charge in [0, 0.05) is 31.6 Å². The highest BCUT2D eigenvalue weighted by atomic mass is 14.9. The summed E-state index contributed by atoms with van der Waals surface area (Å²) in [7, 11) is 2.03. The minimum Gasteiger partial charge on any atom is -0.354 e. The predicted octanol–water partition coefficient (Wildman–Crippen LogP) is 1.66. The largest absolute Gasteiger partial charge is 0.354 e. The Morgan fingerprint density at radius 3 is 2.80 bits per heavy atom. The number of nitrogens with two attached hydrogens (primary N) is 1. The van der Waals surface area contributed by atoms with Crippen molar-refractivity contribution >= 4 is 0 Å². The van der Waals surface area contributed by atoms with Crippen molar-refractivity contribution in [3.05, 3.63) is 54.1 Å². The van der Waals surface area contributed by atoms with Crippen LogP contribution in [0.3, 0.4) is 0 Å². The summed E-state index contributed by atoms with van der Waals surface area (Å²) in [4.78, 5) is 4.25. The van der Waals surface area contributed by atoms with Gasteiger partial charge in [0.05, 0.1) is 11.7 Å². The lowest BCUT2D eigenvalue weighted by molar-refractivity contribution is 0.659. The zero-order valence-electron chi connectivity index (χ0n) is 8.80. The van der Waals surface area contributed by atoms with E-state index in [1.165, 1.54) is 5.69 Å². The smallest absolute Gasteiger partial charge is 0.0574 e.